The summed E-state index contributed by atoms with van der Waals surface area (Å²) in [6.45, 7) is 6.51. The second-order valence-electron chi connectivity index (χ2n) is 9.58. The SMILES string of the molecule is CCCN(CCC)S(=O)(=O)c1cccc(-c2nn(-c3ccccc3)cc2/C=C(/C#N)S(=O)(=O)c2ccc(C)cc2)c1. The maximum atomic E-state index is 13.5. The van der Waals surface area contributed by atoms with Crippen LogP contribution < -0.4 is 0 Å². The molecular formula is C31H32N4O4S2. The lowest BCUT2D eigenvalue weighted by molar-refractivity contribution is 0.410. The third-order valence-electron chi connectivity index (χ3n) is 6.47. The minimum Gasteiger partial charge on any atom is -0.240 e. The number of aromatic nitrogens is 2. The van der Waals surface area contributed by atoms with Gasteiger partial charge in [-0.15, -0.1) is 0 Å². The van der Waals surface area contributed by atoms with Crippen molar-refractivity contribution < 1.29 is 16.8 Å². The van der Waals surface area contributed by atoms with Gasteiger partial charge in [0.15, 0.2) is 0 Å². The first-order chi connectivity index (χ1) is 19.6. The van der Waals surface area contributed by atoms with Crippen LogP contribution in [0.2, 0.25) is 0 Å². The molecule has 41 heavy (non-hydrogen) atoms. The Morgan fingerprint density at radius 2 is 1.56 bits per heavy atom. The van der Waals surface area contributed by atoms with E-state index >= 15 is 0 Å². The summed E-state index contributed by atoms with van der Waals surface area (Å²) < 4.78 is 56.8. The van der Waals surface area contributed by atoms with Crippen LogP contribution in [0.5, 0.6) is 0 Å². The zero-order valence-electron chi connectivity index (χ0n) is 23.2. The van der Waals surface area contributed by atoms with Crippen molar-refractivity contribution in [3.8, 4) is 23.0 Å². The summed E-state index contributed by atoms with van der Waals surface area (Å²) >= 11 is 0. The average Bonchev–Trinajstić information content (AvgIpc) is 3.40. The van der Waals surface area contributed by atoms with Crippen molar-refractivity contribution in [3.05, 3.63) is 101 Å². The molecule has 8 nitrogen and oxygen atoms in total. The summed E-state index contributed by atoms with van der Waals surface area (Å²) in [6.07, 6.45) is 4.29. The fourth-order valence-corrected chi connectivity index (χ4v) is 7.21. The van der Waals surface area contributed by atoms with Crippen LogP contribution in [0.15, 0.2) is 99.8 Å². The van der Waals surface area contributed by atoms with Gasteiger partial charge in [0.05, 0.1) is 15.5 Å². The Balaban J connectivity index is 1.89. The van der Waals surface area contributed by atoms with Crippen molar-refractivity contribution in [2.24, 2.45) is 0 Å². The molecule has 3 aromatic carbocycles. The van der Waals surface area contributed by atoms with E-state index in [0.717, 1.165) is 5.56 Å². The molecule has 4 rings (SSSR count). The molecule has 10 heteroatoms. The highest BCUT2D eigenvalue weighted by molar-refractivity contribution is 7.95. The lowest BCUT2D eigenvalue weighted by Crippen LogP contribution is -2.32. The topological polar surface area (TPSA) is 113 Å². The van der Waals surface area contributed by atoms with E-state index in [1.807, 2.05) is 57.2 Å². The molecule has 0 bridgehead atoms. The Kier molecular flexibility index (Phi) is 9.23. The standard InChI is InChI=1S/C31H32N4O4S2/c1-4-18-34(19-5-2)41(38,39)29-13-9-10-25(20-29)31-26(23-35(33-31)27-11-7-6-8-12-27)21-30(22-32)40(36,37)28-16-14-24(3)15-17-28/h6-17,20-21,23H,4-5,18-19H2,1-3H3/b30-21-. The molecule has 212 valence electrons. The minimum atomic E-state index is -4.12. The van der Waals surface area contributed by atoms with Gasteiger partial charge in [-0.25, -0.2) is 21.5 Å². The molecule has 0 atom stereocenters. The van der Waals surface area contributed by atoms with Crippen molar-refractivity contribution in [2.45, 2.75) is 43.4 Å². The lowest BCUT2D eigenvalue weighted by atomic mass is 10.1. The van der Waals surface area contributed by atoms with Gasteiger partial charge in [0.1, 0.15) is 16.7 Å². The predicted molar refractivity (Wildman–Crippen MR) is 160 cm³/mol. The summed E-state index contributed by atoms with van der Waals surface area (Å²) in [5.41, 5.74) is 2.79. The number of benzene rings is 3. The third-order valence-corrected chi connectivity index (χ3v) is 10.0. The summed E-state index contributed by atoms with van der Waals surface area (Å²) in [7, 11) is -7.88. The fraction of sp³-hybridized carbons (Fsp3) is 0.226. The first kappa shape index (κ1) is 29.9. The smallest absolute Gasteiger partial charge is 0.240 e. The molecule has 0 fully saturated rings. The Morgan fingerprint density at radius 1 is 0.902 bits per heavy atom. The largest absolute Gasteiger partial charge is 0.243 e. The highest BCUT2D eigenvalue weighted by Crippen LogP contribution is 2.30. The number of hydrogen-bond acceptors (Lipinski definition) is 6. The quantitative estimate of drug-likeness (QED) is 0.199. The van der Waals surface area contributed by atoms with Gasteiger partial charge in [-0.05, 0) is 62.2 Å². The number of para-hydroxylation sites is 1. The van der Waals surface area contributed by atoms with Crippen LogP contribution >= 0.6 is 0 Å². The van der Waals surface area contributed by atoms with E-state index in [-0.39, 0.29) is 9.79 Å². The molecule has 0 aliphatic carbocycles. The molecule has 0 N–H and O–H groups in total. The van der Waals surface area contributed by atoms with Crippen LogP contribution in [0.3, 0.4) is 0 Å². The Hall–Kier alpha value is -4.04. The zero-order chi connectivity index (χ0) is 29.6. The van der Waals surface area contributed by atoms with Crippen molar-refractivity contribution in [2.75, 3.05) is 13.1 Å². The molecule has 0 amide bonds. The lowest BCUT2D eigenvalue weighted by Gasteiger charge is -2.21. The van der Waals surface area contributed by atoms with Gasteiger partial charge in [-0.2, -0.15) is 14.7 Å². The van der Waals surface area contributed by atoms with E-state index in [1.165, 1.54) is 22.5 Å². The zero-order valence-corrected chi connectivity index (χ0v) is 24.9. The summed E-state index contributed by atoms with van der Waals surface area (Å²) in [4.78, 5) is -0.321. The molecule has 1 heterocycles. The van der Waals surface area contributed by atoms with Crippen molar-refractivity contribution in [3.63, 3.8) is 0 Å². The van der Waals surface area contributed by atoms with E-state index in [9.17, 15) is 22.1 Å². The van der Waals surface area contributed by atoms with E-state index in [0.29, 0.717) is 48.4 Å². The van der Waals surface area contributed by atoms with Gasteiger partial charge in [0, 0.05) is 30.4 Å². The molecule has 0 unspecified atom stereocenters. The number of sulfonamides is 1. The van der Waals surface area contributed by atoms with Crippen LogP contribution in [0.25, 0.3) is 23.0 Å². The van der Waals surface area contributed by atoms with Crippen LogP contribution in [0, 0.1) is 18.3 Å². The van der Waals surface area contributed by atoms with Crippen LogP contribution in [-0.4, -0.2) is 44.0 Å². The average molecular weight is 589 g/mol. The van der Waals surface area contributed by atoms with Gasteiger partial charge in [-0.3, -0.25) is 0 Å². The normalized spacial score (nSPS) is 12.4. The van der Waals surface area contributed by atoms with Gasteiger partial charge in [-0.1, -0.05) is 61.9 Å². The fourth-order valence-electron chi connectivity index (χ4n) is 4.39. The second-order valence-corrected chi connectivity index (χ2v) is 13.4. The predicted octanol–water partition coefficient (Wildman–Crippen LogP) is 6.00. The number of nitriles is 1. The molecule has 0 saturated carbocycles. The number of allylic oxidation sites excluding steroid dienone is 1. The number of sulfone groups is 1. The third kappa shape index (κ3) is 6.49. The number of nitrogens with zero attached hydrogens (tertiary/aromatic N) is 4. The summed E-state index contributed by atoms with van der Waals surface area (Å²) in [6, 6.07) is 23.8. The molecule has 0 spiro atoms. The maximum absolute atomic E-state index is 13.5. The highest BCUT2D eigenvalue weighted by atomic mass is 32.2. The number of rotatable bonds is 11. The van der Waals surface area contributed by atoms with Crippen LogP contribution in [-0.2, 0) is 19.9 Å². The Bertz CT molecular complexity index is 1800. The first-order valence-corrected chi connectivity index (χ1v) is 16.2. The van der Waals surface area contributed by atoms with E-state index in [4.69, 9.17) is 5.10 Å². The van der Waals surface area contributed by atoms with Crippen molar-refractivity contribution >= 4 is 25.9 Å². The molecular weight excluding hydrogens is 556 g/mol. The van der Waals surface area contributed by atoms with Gasteiger partial charge >= 0.3 is 0 Å². The Morgan fingerprint density at radius 3 is 2.17 bits per heavy atom. The molecule has 0 aliphatic rings. The molecule has 0 radical (unpaired) electrons. The molecule has 0 saturated heterocycles. The van der Waals surface area contributed by atoms with Gasteiger partial charge in [0.2, 0.25) is 19.9 Å². The maximum Gasteiger partial charge on any atom is 0.243 e. The molecule has 4 aromatic rings. The van der Waals surface area contributed by atoms with E-state index in [2.05, 4.69) is 0 Å². The Labute approximate surface area is 242 Å². The van der Waals surface area contributed by atoms with Gasteiger partial charge < -0.3 is 0 Å². The second kappa shape index (κ2) is 12.6. The van der Waals surface area contributed by atoms with E-state index in [1.54, 1.807) is 47.3 Å². The molecule has 1 aromatic heterocycles. The highest BCUT2D eigenvalue weighted by Gasteiger charge is 2.25. The number of aryl methyl sites for hydroxylation is 1. The first-order valence-electron chi connectivity index (χ1n) is 13.3. The van der Waals surface area contributed by atoms with E-state index < -0.39 is 24.8 Å². The van der Waals surface area contributed by atoms with Crippen LogP contribution in [0.4, 0.5) is 0 Å². The number of hydrogen-bond donors (Lipinski definition) is 0. The monoisotopic (exact) mass is 588 g/mol. The van der Waals surface area contributed by atoms with Gasteiger partial charge in [0.25, 0.3) is 0 Å². The van der Waals surface area contributed by atoms with Crippen molar-refractivity contribution in [1.82, 2.24) is 14.1 Å². The summed E-state index contributed by atoms with van der Waals surface area (Å²) in [5, 5.41) is 14.6. The van der Waals surface area contributed by atoms with Crippen molar-refractivity contribution in [1.29, 1.82) is 5.26 Å². The summed E-state index contributed by atoms with van der Waals surface area (Å²) in [5.74, 6) is 0. The van der Waals surface area contributed by atoms with Crippen LogP contribution in [0.1, 0.15) is 37.8 Å². The molecule has 0 aliphatic heterocycles. The minimum absolute atomic E-state index is 0.00734.